The van der Waals surface area contributed by atoms with Crippen molar-refractivity contribution >= 4 is 23.7 Å². The fourth-order valence-corrected chi connectivity index (χ4v) is 4.70. The van der Waals surface area contributed by atoms with Crippen LogP contribution in [0.25, 0.3) is 0 Å². The summed E-state index contributed by atoms with van der Waals surface area (Å²) < 4.78 is 21.1. The van der Waals surface area contributed by atoms with Crippen LogP contribution in [-0.2, 0) is 38.1 Å². The lowest BCUT2D eigenvalue weighted by molar-refractivity contribution is -0.187. The molecular formula is C19H25NO8. The summed E-state index contributed by atoms with van der Waals surface area (Å²) in [7, 11) is 2.28. The van der Waals surface area contributed by atoms with Crippen LogP contribution >= 0.6 is 0 Å². The lowest BCUT2D eigenvalue weighted by Crippen LogP contribution is -2.58. The number of ether oxygens (including phenoxy) is 4. The monoisotopic (exact) mass is 395 g/mol. The zero-order valence-corrected chi connectivity index (χ0v) is 16.7. The second kappa shape index (κ2) is 6.66. The van der Waals surface area contributed by atoms with Crippen molar-refractivity contribution in [2.75, 3.05) is 33.9 Å². The number of likely N-dealkylation sites (N-methyl/N-ethyl adjacent to an activating group) is 1. The lowest BCUT2D eigenvalue weighted by Gasteiger charge is -2.42. The first kappa shape index (κ1) is 20.5. The van der Waals surface area contributed by atoms with Crippen molar-refractivity contribution in [2.24, 2.45) is 5.41 Å². The van der Waals surface area contributed by atoms with E-state index in [1.54, 1.807) is 11.8 Å². The molecule has 0 N–H and O–H groups in total. The van der Waals surface area contributed by atoms with Crippen molar-refractivity contribution < 1.29 is 38.1 Å². The molecule has 0 unspecified atom stereocenters. The molecule has 9 nitrogen and oxygen atoms in total. The first-order valence-corrected chi connectivity index (χ1v) is 9.38. The van der Waals surface area contributed by atoms with Gasteiger partial charge in [-0.2, -0.15) is 0 Å². The Morgan fingerprint density at radius 1 is 1.00 bits per heavy atom. The van der Waals surface area contributed by atoms with Gasteiger partial charge in [0.2, 0.25) is 0 Å². The van der Waals surface area contributed by atoms with E-state index in [9.17, 15) is 19.2 Å². The van der Waals surface area contributed by atoms with E-state index in [-0.39, 0.29) is 12.2 Å². The molecule has 1 saturated carbocycles. The second-order valence-corrected chi connectivity index (χ2v) is 6.96. The van der Waals surface area contributed by atoms with Crippen molar-refractivity contribution in [3.63, 3.8) is 0 Å². The highest BCUT2D eigenvalue weighted by molar-refractivity contribution is 6.26. The van der Waals surface area contributed by atoms with Crippen LogP contribution < -0.4 is 0 Å². The highest BCUT2D eigenvalue weighted by Crippen LogP contribution is 2.72. The predicted molar refractivity (Wildman–Crippen MR) is 93.8 cm³/mol. The summed E-state index contributed by atoms with van der Waals surface area (Å²) in [5.41, 5.74) is -5.58. The largest absolute Gasteiger partial charge is 0.466 e. The zero-order valence-electron chi connectivity index (χ0n) is 16.7. The summed E-state index contributed by atoms with van der Waals surface area (Å²) in [4.78, 5) is 53.9. The van der Waals surface area contributed by atoms with Crippen LogP contribution in [-0.4, -0.2) is 73.8 Å². The molecule has 0 aromatic rings. The summed E-state index contributed by atoms with van der Waals surface area (Å²) in [6.45, 7) is 6.08. The van der Waals surface area contributed by atoms with E-state index in [1.807, 2.05) is 13.8 Å². The number of ketones is 1. The van der Waals surface area contributed by atoms with Crippen LogP contribution in [0, 0.1) is 5.41 Å². The smallest absolute Gasteiger partial charge is 0.351 e. The first-order chi connectivity index (χ1) is 13.3. The van der Waals surface area contributed by atoms with Crippen molar-refractivity contribution in [1.82, 2.24) is 4.90 Å². The van der Waals surface area contributed by atoms with Gasteiger partial charge in [-0.3, -0.25) is 9.69 Å². The van der Waals surface area contributed by atoms with E-state index in [0.29, 0.717) is 25.9 Å². The van der Waals surface area contributed by atoms with Crippen LogP contribution in [0.4, 0.5) is 0 Å². The SMILES string of the molecule is CCOC(=O)[C@@]12O[C@@](N(CC)CC)(C(C(=O)OC)=C1C(=O)OC)C1(CC1)C2=O. The van der Waals surface area contributed by atoms with Gasteiger partial charge in [-0.25, -0.2) is 14.4 Å². The Kier molecular flexibility index (Phi) is 4.87. The molecule has 1 saturated heterocycles. The predicted octanol–water partition coefficient (Wildman–Crippen LogP) is 0.362. The van der Waals surface area contributed by atoms with Crippen LogP contribution in [0.3, 0.4) is 0 Å². The summed E-state index contributed by atoms with van der Waals surface area (Å²) in [6, 6.07) is 0. The van der Waals surface area contributed by atoms with E-state index >= 15 is 0 Å². The van der Waals surface area contributed by atoms with Gasteiger partial charge in [-0.05, 0) is 32.9 Å². The number of rotatable bonds is 7. The van der Waals surface area contributed by atoms with Crippen molar-refractivity contribution in [3.05, 3.63) is 11.1 Å². The number of hydrogen-bond acceptors (Lipinski definition) is 9. The third-order valence-corrected chi connectivity index (χ3v) is 5.95. The van der Waals surface area contributed by atoms with Gasteiger partial charge in [0.15, 0.2) is 11.5 Å². The molecule has 28 heavy (non-hydrogen) atoms. The van der Waals surface area contributed by atoms with Gasteiger partial charge >= 0.3 is 17.9 Å². The standard InChI is InChI=1S/C19H25NO8/c1-6-20(7-2)19-12(14(22)26-5)11(13(21)25-4)18(28-19,16(24)27-8-3)15(23)17(19)9-10-17/h6-10H2,1-5H3/t18-,19+/m1/s1. The molecule has 0 aromatic heterocycles. The number of fused-ring (bicyclic) bond motifs is 3. The fraction of sp³-hybridized carbons (Fsp3) is 0.684. The van der Waals surface area contributed by atoms with Crippen LogP contribution in [0.5, 0.6) is 0 Å². The van der Waals surface area contributed by atoms with Gasteiger partial charge < -0.3 is 18.9 Å². The Labute approximate surface area is 162 Å². The van der Waals surface area contributed by atoms with Gasteiger partial charge in [0.25, 0.3) is 5.60 Å². The van der Waals surface area contributed by atoms with Gasteiger partial charge in [0.05, 0.1) is 31.8 Å². The highest BCUT2D eigenvalue weighted by atomic mass is 16.6. The Morgan fingerprint density at radius 2 is 1.54 bits per heavy atom. The number of Topliss-reactive ketones (excluding diaryl/α,β-unsaturated/α-hetero) is 1. The Hall–Kier alpha value is -2.26. The Bertz CT molecular complexity index is 779. The molecule has 0 radical (unpaired) electrons. The molecule has 0 aromatic carbocycles. The number of carbonyl (C=O) groups excluding carboxylic acids is 4. The molecule has 154 valence electrons. The molecular weight excluding hydrogens is 370 g/mol. The zero-order chi connectivity index (χ0) is 20.9. The average Bonchev–Trinajstić information content (AvgIpc) is 3.39. The third-order valence-electron chi connectivity index (χ3n) is 5.95. The number of methoxy groups -OCH3 is 2. The molecule has 2 atom stereocenters. The maximum absolute atomic E-state index is 13.6. The van der Waals surface area contributed by atoms with Crippen LogP contribution in [0.15, 0.2) is 11.1 Å². The Balaban J connectivity index is 2.41. The lowest BCUT2D eigenvalue weighted by atomic mass is 9.69. The molecule has 1 spiro atoms. The van der Waals surface area contributed by atoms with E-state index in [0.717, 1.165) is 7.11 Å². The summed E-state index contributed by atoms with van der Waals surface area (Å²) in [5, 5.41) is 0. The van der Waals surface area contributed by atoms with E-state index in [2.05, 4.69) is 0 Å². The summed E-state index contributed by atoms with van der Waals surface area (Å²) >= 11 is 0. The topological polar surface area (TPSA) is 108 Å². The molecule has 2 heterocycles. The summed E-state index contributed by atoms with van der Waals surface area (Å²) in [5.74, 6) is -3.40. The minimum Gasteiger partial charge on any atom is -0.466 e. The Morgan fingerprint density at radius 3 is 1.96 bits per heavy atom. The van der Waals surface area contributed by atoms with Gasteiger partial charge in [-0.1, -0.05) is 13.8 Å². The highest BCUT2D eigenvalue weighted by Gasteiger charge is 2.88. The number of hydrogen-bond donors (Lipinski definition) is 0. The summed E-state index contributed by atoms with van der Waals surface area (Å²) in [6.07, 6.45) is 0.858. The molecule has 2 aliphatic heterocycles. The first-order valence-electron chi connectivity index (χ1n) is 9.38. The maximum atomic E-state index is 13.6. The molecule has 2 fully saturated rings. The van der Waals surface area contributed by atoms with Crippen LogP contribution in [0.2, 0.25) is 0 Å². The molecule has 1 aliphatic carbocycles. The second-order valence-electron chi connectivity index (χ2n) is 6.96. The molecule has 2 bridgehead atoms. The molecule has 3 rings (SSSR count). The van der Waals surface area contributed by atoms with E-state index in [1.165, 1.54) is 7.11 Å². The minimum atomic E-state index is -2.33. The van der Waals surface area contributed by atoms with Crippen molar-refractivity contribution in [2.45, 2.75) is 44.9 Å². The minimum absolute atomic E-state index is 0.0233. The maximum Gasteiger partial charge on any atom is 0.351 e. The van der Waals surface area contributed by atoms with Crippen LogP contribution in [0.1, 0.15) is 33.6 Å². The van der Waals surface area contributed by atoms with Crippen molar-refractivity contribution in [1.29, 1.82) is 0 Å². The van der Waals surface area contributed by atoms with Gasteiger partial charge in [-0.15, -0.1) is 0 Å². The fourth-order valence-electron chi connectivity index (χ4n) is 4.70. The quantitative estimate of drug-likeness (QED) is 0.343. The molecule has 9 heteroatoms. The number of esters is 3. The van der Waals surface area contributed by atoms with Gasteiger partial charge in [0, 0.05) is 0 Å². The molecule has 3 aliphatic rings. The van der Waals surface area contributed by atoms with Crippen molar-refractivity contribution in [3.8, 4) is 0 Å². The number of nitrogens with zero attached hydrogens (tertiary/aromatic N) is 1. The normalized spacial score (nSPS) is 29.4. The van der Waals surface area contributed by atoms with E-state index < -0.39 is 46.0 Å². The number of carbonyl (C=O) groups is 4. The average molecular weight is 395 g/mol. The van der Waals surface area contributed by atoms with E-state index in [4.69, 9.17) is 18.9 Å². The molecule has 0 amide bonds. The van der Waals surface area contributed by atoms with Gasteiger partial charge in [0.1, 0.15) is 5.57 Å². The third kappa shape index (κ3) is 2.08.